The average Bonchev–Trinajstić information content (AvgIpc) is 2.62. The Kier molecular flexibility index (Phi) is 6.13. The molecular formula is C17H22N4O3. The number of nitriles is 1. The fraction of sp³-hybridized carbons (Fsp3) is 0.529. The van der Waals surface area contributed by atoms with E-state index in [1.807, 2.05) is 6.07 Å². The van der Waals surface area contributed by atoms with Crippen LogP contribution in [-0.4, -0.2) is 55.0 Å². The van der Waals surface area contributed by atoms with Gasteiger partial charge in [0.25, 0.3) is 0 Å². The molecule has 24 heavy (non-hydrogen) atoms. The van der Waals surface area contributed by atoms with E-state index in [-0.39, 0.29) is 24.3 Å². The Hall–Kier alpha value is -2.62. The molecule has 0 bridgehead atoms. The summed E-state index contributed by atoms with van der Waals surface area (Å²) < 4.78 is 5.06. The third-order valence-corrected chi connectivity index (χ3v) is 4.07. The van der Waals surface area contributed by atoms with Crippen LogP contribution < -0.4 is 4.90 Å². The SMILES string of the molecule is CCOC(=O)[C@H]1CCCN(C(=O)CN(C)c2ccc(C#N)nc2)C1. The predicted molar refractivity (Wildman–Crippen MR) is 88.2 cm³/mol. The number of piperidine rings is 1. The van der Waals surface area contributed by atoms with Crippen LogP contribution in [0.3, 0.4) is 0 Å². The zero-order valence-corrected chi connectivity index (χ0v) is 14.1. The Labute approximate surface area is 141 Å². The lowest BCUT2D eigenvalue weighted by atomic mass is 9.98. The van der Waals surface area contributed by atoms with Crippen LogP contribution in [0.1, 0.15) is 25.5 Å². The van der Waals surface area contributed by atoms with Gasteiger partial charge in [-0.25, -0.2) is 4.98 Å². The maximum atomic E-state index is 12.5. The van der Waals surface area contributed by atoms with Gasteiger partial charge in [-0.3, -0.25) is 9.59 Å². The standard InChI is InChI=1S/C17H22N4O3/c1-3-24-17(23)13-5-4-8-21(11-13)16(22)12-20(2)15-7-6-14(9-18)19-10-15/h6-7,10,13H,3-5,8,11-12H2,1-2H3/t13-/m0/s1. The second-order valence-electron chi connectivity index (χ2n) is 5.80. The Morgan fingerprint density at radius 2 is 2.29 bits per heavy atom. The summed E-state index contributed by atoms with van der Waals surface area (Å²) in [6.45, 7) is 3.41. The number of anilines is 1. The molecule has 1 fully saturated rings. The Morgan fingerprint density at radius 1 is 1.50 bits per heavy atom. The second kappa shape index (κ2) is 8.29. The molecule has 1 aliphatic heterocycles. The van der Waals surface area contributed by atoms with Gasteiger partial charge < -0.3 is 14.5 Å². The zero-order chi connectivity index (χ0) is 17.5. The van der Waals surface area contributed by atoms with Crippen molar-refractivity contribution in [2.75, 3.05) is 38.2 Å². The molecule has 0 aromatic carbocycles. The van der Waals surface area contributed by atoms with Crippen LogP contribution in [0.15, 0.2) is 18.3 Å². The van der Waals surface area contributed by atoms with Gasteiger partial charge >= 0.3 is 5.97 Å². The molecular weight excluding hydrogens is 308 g/mol. The van der Waals surface area contributed by atoms with E-state index in [2.05, 4.69) is 4.98 Å². The molecule has 7 heteroatoms. The first-order chi connectivity index (χ1) is 11.5. The molecule has 1 saturated heterocycles. The van der Waals surface area contributed by atoms with Crippen molar-refractivity contribution in [1.82, 2.24) is 9.88 Å². The van der Waals surface area contributed by atoms with Gasteiger partial charge in [-0.15, -0.1) is 0 Å². The number of likely N-dealkylation sites (N-methyl/N-ethyl adjacent to an activating group) is 1. The maximum Gasteiger partial charge on any atom is 0.310 e. The fourth-order valence-electron chi connectivity index (χ4n) is 2.73. The van der Waals surface area contributed by atoms with Crippen LogP contribution >= 0.6 is 0 Å². The number of likely N-dealkylation sites (tertiary alicyclic amines) is 1. The van der Waals surface area contributed by atoms with Gasteiger partial charge in [-0.05, 0) is 31.9 Å². The van der Waals surface area contributed by atoms with Crippen LogP contribution in [0, 0.1) is 17.2 Å². The van der Waals surface area contributed by atoms with Crippen molar-refractivity contribution >= 4 is 17.6 Å². The van der Waals surface area contributed by atoms with Gasteiger partial charge in [0, 0.05) is 20.1 Å². The minimum Gasteiger partial charge on any atom is -0.466 e. The van der Waals surface area contributed by atoms with Crippen LogP contribution in [0.4, 0.5) is 5.69 Å². The first-order valence-electron chi connectivity index (χ1n) is 8.06. The summed E-state index contributed by atoms with van der Waals surface area (Å²) in [7, 11) is 1.80. The molecule has 7 nitrogen and oxygen atoms in total. The molecule has 2 heterocycles. The third kappa shape index (κ3) is 4.44. The van der Waals surface area contributed by atoms with E-state index in [9.17, 15) is 9.59 Å². The summed E-state index contributed by atoms with van der Waals surface area (Å²) in [5.74, 6) is -0.486. The molecule has 0 aliphatic carbocycles. The number of carbonyl (C=O) groups is 2. The van der Waals surface area contributed by atoms with Crippen molar-refractivity contribution in [2.45, 2.75) is 19.8 Å². The summed E-state index contributed by atoms with van der Waals surface area (Å²) in [5.41, 5.74) is 1.10. The Balaban J connectivity index is 1.93. The molecule has 1 atom stereocenters. The quantitative estimate of drug-likeness (QED) is 0.754. The molecule has 0 saturated carbocycles. The number of pyridine rings is 1. The molecule has 0 spiro atoms. The van der Waals surface area contributed by atoms with Crippen LogP contribution in [0.5, 0.6) is 0 Å². The number of hydrogen-bond acceptors (Lipinski definition) is 6. The third-order valence-electron chi connectivity index (χ3n) is 4.07. The van der Waals surface area contributed by atoms with Gasteiger partial charge in [-0.1, -0.05) is 0 Å². The Bertz CT molecular complexity index is 624. The minimum absolute atomic E-state index is 0.0316. The van der Waals surface area contributed by atoms with E-state index in [1.54, 1.807) is 42.1 Å². The smallest absolute Gasteiger partial charge is 0.310 e. The summed E-state index contributed by atoms with van der Waals surface area (Å²) in [6, 6.07) is 5.34. The molecule has 1 aromatic rings. The second-order valence-corrected chi connectivity index (χ2v) is 5.80. The monoisotopic (exact) mass is 330 g/mol. The summed E-state index contributed by atoms with van der Waals surface area (Å²) in [5, 5.41) is 8.77. The van der Waals surface area contributed by atoms with Crippen LogP contribution in [0.25, 0.3) is 0 Å². The predicted octanol–water partition coefficient (Wildman–Crippen LogP) is 1.19. The average molecular weight is 330 g/mol. The van der Waals surface area contributed by atoms with Gasteiger partial charge in [0.1, 0.15) is 11.8 Å². The zero-order valence-electron chi connectivity index (χ0n) is 14.1. The number of nitrogens with zero attached hydrogens (tertiary/aromatic N) is 4. The van der Waals surface area contributed by atoms with E-state index in [0.29, 0.717) is 25.4 Å². The highest BCUT2D eigenvalue weighted by atomic mass is 16.5. The van der Waals surface area contributed by atoms with Crippen molar-refractivity contribution in [3.8, 4) is 6.07 Å². The molecule has 128 valence electrons. The van der Waals surface area contributed by atoms with E-state index in [0.717, 1.165) is 18.5 Å². The highest BCUT2D eigenvalue weighted by Gasteiger charge is 2.29. The first kappa shape index (κ1) is 17.7. The lowest BCUT2D eigenvalue weighted by Gasteiger charge is -2.33. The van der Waals surface area contributed by atoms with E-state index >= 15 is 0 Å². The first-order valence-corrected chi connectivity index (χ1v) is 8.06. The van der Waals surface area contributed by atoms with E-state index in [1.165, 1.54) is 0 Å². The van der Waals surface area contributed by atoms with E-state index < -0.39 is 0 Å². The molecule has 0 radical (unpaired) electrons. The summed E-state index contributed by atoms with van der Waals surface area (Å²) in [6.07, 6.45) is 3.14. The Morgan fingerprint density at radius 3 is 2.92 bits per heavy atom. The summed E-state index contributed by atoms with van der Waals surface area (Å²) in [4.78, 5) is 31.9. The number of aromatic nitrogens is 1. The number of amides is 1. The van der Waals surface area contributed by atoms with Crippen molar-refractivity contribution in [2.24, 2.45) is 5.92 Å². The van der Waals surface area contributed by atoms with Crippen LogP contribution in [0.2, 0.25) is 0 Å². The largest absolute Gasteiger partial charge is 0.466 e. The van der Waals surface area contributed by atoms with Gasteiger partial charge in [0.05, 0.1) is 31.0 Å². The molecule has 1 aliphatic rings. The highest BCUT2D eigenvalue weighted by molar-refractivity contribution is 5.82. The minimum atomic E-state index is -0.232. The molecule has 2 rings (SSSR count). The number of carbonyl (C=O) groups excluding carboxylic acids is 2. The summed E-state index contributed by atoms with van der Waals surface area (Å²) >= 11 is 0. The molecule has 0 unspecified atom stereocenters. The van der Waals surface area contributed by atoms with Crippen molar-refractivity contribution in [3.05, 3.63) is 24.0 Å². The molecule has 1 amide bonds. The number of hydrogen-bond donors (Lipinski definition) is 0. The number of rotatable bonds is 5. The van der Waals surface area contributed by atoms with Gasteiger partial charge in [-0.2, -0.15) is 5.26 Å². The number of ether oxygens (including phenoxy) is 1. The van der Waals surface area contributed by atoms with Gasteiger partial charge in [0.2, 0.25) is 5.91 Å². The highest BCUT2D eigenvalue weighted by Crippen LogP contribution is 2.19. The topological polar surface area (TPSA) is 86.5 Å². The lowest BCUT2D eigenvalue weighted by molar-refractivity contribution is -0.151. The lowest BCUT2D eigenvalue weighted by Crippen LogP contribution is -2.46. The maximum absolute atomic E-state index is 12.5. The van der Waals surface area contributed by atoms with Crippen molar-refractivity contribution < 1.29 is 14.3 Å². The van der Waals surface area contributed by atoms with Crippen LogP contribution in [-0.2, 0) is 14.3 Å². The van der Waals surface area contributed by atoms with Crippen molar-refractivity contribution in [3.63, 3.8) is 0 Å². The normalized spacial score (nSPS) is 17.0. The number of esters is 1. The fourth-order valence-corrected chi connectivity index (χ4v) is 2.73. The molecule has 0 N–H and O–H groups in total. The van der Waals surface area contributed by atoms with Gasteiger partial charge in [0.15, 0.2) is 0 Å². The molecule has 1 aromatic heterocycles. The van der Waals surface area contributed by atoms with Crippen molar-refractivity contribution in [1.29, 1.82) is 5.26 Å². The van der Waals surface area contributed by atoms with E-state index in [4.69, 9.17) is 10.00 Å².